The number of nitrogens with zero attached hydrogens (tertiary/aromatic N) is 1. The number of pyridine rings is 1. The molecule has 0 amide bonds. The summed E-state index contributed by atoms with van der Waals surface area (Å²) < 4.78 is 37.9. The molecule has 0 aliphatic heterocycles. The minimum Gasteiger partial charge on any atom is -0.326 e. The van der Waals surface area contributed by atoms with E-state index in [1.165, 1.54) is 17.8 Å². The molecule has 0 atom stereocenters. The molecule has 0 saturated carbocycles. The van der Waals surface area contributed by atoms with Gasteiger partial charge < -0.3 is 5.73 Å². The van der Waals surface area contributed by atoms with Crippen molar-refractivity contribution in [2.45, 2.75) is 22.6 Å². The topological polar surface area (TPSA) is 38.9 Å². The average molecular weight is 284 g/mol. The third-order valence-electron chi connectivity index (χ3n) is 2.41. The molecular weight excluding hydrogens is 273 g/mol. The van der Waals surface area contributed by atoms with Gasteiger partial charge in [-0.05, 0) is 23.8 Å². The van der Waals surface area contributed by atoms with Gasteiger partial charge in [0.25, 0.3) is 0 Å². The van der Waals surface area contributed by atoms with Crippen LogP contribution in [-0.2, 0) is 12.7 Å². The smallest absolute Gasteiger partial charge is 0.326 e. The molecule has 0 unspecified atom stereocenters. The summed E-state index contributed by atoms with van der Waals surface area (Å²) in [5, 5.41) is 0.295. The Morgan fingerprint density at radius 2 is 1.74 bits per heavy atom. The first kappa shape index (κ1) is 13.9. The van der Waals surface area contributed by atoms with Crippen LogP contribution in [0, 0.1) is 0 Å². The minimum absolute atomic E-state index is 0.153. The molecule has 100 valence electrons. The van der Waals surface area contributed by atoms with Crippen LogP contribution >= 0.6 is 11.8 Å². The van der Waals surface area contributed by atoms with Crippen molar-refractivity contribution in [2.75, 3.05) is 0 Å². The van der Waals surface area contributed by atoms with Crippen LogP contribution in [0.1, 0.15) is 11.3 Å². The maximum atomic E-state index is 12.6. The highest BCUT2D eigenvalue weighted by molar-refractivity contribution is 7.99. The number of benzene rings is 1. The molecule has 0 radical (unpaired) electrons. The van der Waals surface area contributed by atoms with Gasteiger partial charge in [0.1, 0.15) is 10.7 Å². The molecule has 1 heterocycles. The number of nitrogens with two attached hydrogens (primary N) is 1. The lowest BCUT2D eigenvalue weighted by molar-refractivity contribution is -0.141. The van der Waals surface area contributed by atoms with Crippen molar-refractivity contribution < 1.29 is 13.2 Å². The molecular formula is C13H11F3N2S. The molecule has 2 nitrogen and oxygen atoms in total. The summed E-state index contributed by atoms with van der Waals surface area (Å²) in [5.74, 6) is 0. The molecule has 2 rings (SSSR count). The van der Waals surface area contributed by atoms with Crippen molar-refractivity contribution in [1.29, 1.82) is 0 Å². The zero-order valence-corrected chi connectivity index (χ0v) is 10.6. The van der Waals surface area contributed by atoms with Gasteiger partial charge in [-0.25, -0.2) is 4.98 Å². The highest BCUT2D eigenvalue weighted by Crippen LogP contribution is 2.33. The largest absolute Gasteiger partial charge is 0.433 e. The Kier molecular flexibility index (Phi) is 4.11. The zero-order valence-electron chi connectivity index (χ0n) is 9.82. The van der Waals surface area contributed by atoms with E-state index in [1.54, 1.807) is 0 Å². The standard InChI is InChI=1S/C13H11F3N2S/c14-13(15,16)11-7-6-9(8-17)12(18-11)19-10-4-2-1-3-5-10/h1-7H,8,17H2. The number of alkyl halides is 3. The Hall–Kier alpha value is -1.53. The summed E-state index contributed by atoms with van der Waals surface area (Å²) in [7, 11) is 0. The second-order valence-corrected chi connectivity index (χ2v) is 4.84. The summed E-state index contributed by atoms with van der Waals surface area (Å²) in [6, 6.07) is 11.4. The molecule has 0 aliphatic rings. The molecule has 1 aromatic carbocycles. The van der Waals surface area contributed by atoms with E-state index in [1.807, 2.05) is 30.3 Å². The molecule has 1 aromatic heterocycles. The van der Waals surface area contributed by atoms with Crippen LogP contribution in [0.5, 0.6) is 0 Å². The molecule has 0 saturated heterocycles. The molecule has 0 fully saturated rings. The fourth-order valence-electron chi connectivity index (χ4n) is 1.47. The molecule has 6 heteroatoms. The second-order valence-electron chi connectivity index (χ2n) is 3.78. The highest BCUT2D eigenvalue weighted by Gasteiger charge is 2.33. The van der Waals surface area contributed by atoms with E-state index in [4.69, 9.17) is 5.73 Å². The van der Waals surface area contributed by atoms with E-state index in [-0.39, 0.29) is 6.54 Å². The molecule has 0 spiro atoms. The predicted octanol–water partition coefficient (Wildman–Crippen LogP) is 3.71. The van der Waals surface area contributed by atoms with Gasteiger partial charge in [-0.2, -0.15) is 13.2 Å². The summed E-state index contributed by atoms with van der Waals surface area (Å²) in [6.45, 7) is 0.153. The number of hydrogen-bond donors (Lipinski definition) is 1. The van der Waals surface area contributed by atoms with Gasteiger partial charge in [-0.3, -0.25) is 0 Å². The Balaban J connectivity index is 2.37. The second kappa shape index (κ2) is 5.63. The first-order valence-corrected chi connectivity index (χ1v) is 6.32. The number of hydrogen-bond acceptors (Lipinski definition) is 3. The first-order chi connectivity index (χ1) is 9.00. The Morgan fingerprint density at radius 1 is 1.05 bits per heavy atom. The SMILES string of the molecule is NCc1ccc(C(F)(F)F)nc1Sc1ccccc1. The lowest BCUT2D eigenvalue weighted by Gasteiger charge is -2.11. The fourth-order valence-corrected chi connectivity index (χ4v) is 2.41. The van der Waals surface area contributed by atoms with Crippen LogP contribution < -0.4 is 5.73 Å². The lowest BCUT2D eigenvalue weighted by Crippen LogP contribution is -2.10. The van der Waals surface area contributed by atoms with Crippen LogP contribution in [0.25, 0.3) is 0 Å². The normalized spacial score (nSPS) is 11.6. The van der Waals surface area contributed by atoms with Crippen molar-refractivity contribution in [3.05, 3.63) is 53.7 Å². The molecule has 0 aliphatic carbocycles. The summed E-state index contributed by atoms with van der Waals surface area (Å²) in [4.78, 5) is 4.49. The molecule has 2 aromatic rings. The van der Waals surface area contributed by atoms with E-state index < -0.39 is 11.9 Å². The monoisotopic (exact) mass is 284 g/mol. The third kappa shape index (κ3) is 3.48. The quantitative estimate of drug-likeness (QED) is 0.933. The van der Waals surface area contributed by atoms with E-state index in [9.17, 15) is 13.2 Å². The number of rotatable bonds is 3. The van der Waals surface area contributed by atoms with E-state index in [2.05, 4.69) is 4.98 Å². The van der Waals surface area contributed by atoms with Crippen LogP contribution in [-0.4, -0.2) is 4.98 Å². The van der Waals surface area contributed by atoms with E-state index in [0.29, 0.717) is 10.6 Å². The maximum absolute atomic E-state index is 12.6. The predicted molar refractivity (Wildman–Crippen MR) is 67.7 cm³/mol. The van der Waals surface area contributed by atoms with Gasteiger partial charge >= 0.3 is 6.18 Å². The van der Waals surface area contributed by atoms with Crippen molar-refractivity contribution in [3.8, 4) is 0 Å². The zero-order chi connectivity index (χ0) is 13.9. The average Bonchev–Trinajstić information content (AvgIpc) is 2.39. The van der Waals surface area contributed by atoms with Gasteiger partial charge in [0.15, 0.2) is 0 Å². The van der Waals surface area contributed by atoms with Gasteiger partial charge in [-0.1, -0.05) is 36.0 Å². The van der Waals surface area contributed by atoms with Crippen LogP contribution in [0.2, 0.25) is 0 Å². The van der Waals surface area contributed by atoms with E-state index in [0.717, 1.165) is 11.0 Å². The Labute approximate surface area is 112 Å². The fraction of sp³-hybridized carbons (Fsp3) is 0.154. The summed E-state index contributed by atoms with van der Waals surface area (Å²) in [6.07, 6.45) is -4.45. The van der Waals surface area contributed by atoms with Crippen molar-refractivity contribution in [2.24, 2.45) is 5.73 Å². The number of aromatic nitrogens is 1. The van der Waals surface area contributed by atoms with Crippen LogP contribution in [0.4, 0.5) is 13.2 Å². The van der Waals surface area contributed by atoms with Gasteiger partial charge in [0.2, 0.25) is 0 Å². The highest BCUT2D eigenvalue weighted by atomic mass is 32.2. The van der Waals surface area contributed by atoms with Crippen LogP contribution in [0.15, 0.2) is 52.4 Å². The minimum atomic E-state index is -4.45. The first-order valence-electron chi connectivity index (χ1n) is 5.51. The van der Waals surface area contributed by atoms with E-state index >= 15 is 0 Å². The molecule has 2 N–H and O–H groups in total. The van der Waals surface area contributed by atoms with Gasteiger partial charge in [0.05, 0.1) is 0 Å². The third-order valence-corrected chi connectivity index (χ3v) is 3.46. The lowest BCUT2D eigenvalue weighted by atomic mass is 10.2. The van der Waals surface area contributed by atoms with Crippen LogP contribution in [0.3, 0.4) is 0 Å². The van der Waals surface area contributed by atoms with Gasteiger partial charge in [-0.15, -0.1) is 0 Å². The summed E-state index contributed by atoms with van der Waals surface area (Å²) in [5.41, 5.74) is 5.23. The van der Waals surface area contributed by atoms with Crippen molar-refractivity contribution in [3.63, 3.8) is 0 Å². The Morgan fingerprint density at radius 3 is 2.32 bits per heavy atom. The van der Waals surface area contributed by atoms with Crippen molar-refractivity contribution >= 4 is 11.8 Å². The Bertz CT molecular complexity index is 556. The number of halogens is 3. The molecule has 19 heavy (non-hydrogen) atoms. The van der Waals surface area contributed by atoms with Crippen molar-refractivity contribution in [1.82, 2.24) is 4.98 Å². The van der Waals surface area contributed by atoms with Gasteiger partial charge in [0, 0.05) is 11.4 Å². The summed E-state index contributed by atoms with van der Waals surface area (Å²) >= 11 is 1.18. The maximum Gasteiger partial charge on any atom is 0.433 e. The molecule has 0 bridgehead atoms.